The van der Waals surface area contributed by atoms with Crippen molar-refractivity contribution >= 4 is 12.0 Å². The molecule has 120 valence electrons. The maximum Gasteiger partial charge on any atom is 0.328 e. The van der Waals surface area contributed by atoms with Crippen LogP contribution in [0, 0.1) is 0 Å². The lowest BCUT2D eigenvalue weighted by Crippen LogP contribution is -2.17. The number of carboxylic acids is 1. The van der Waals surface area contributed by atoms with Gasteiger partial charge in [0.15, 0.2) is 0 Å². The molecule has 0 bridgehead atoms. The monoisotopic (exact) mass is 310 g/mol. The SMILES string of the molecule is CN1CCC[C@H]1c1cccnc1.O=C(O)C=Cc1ccccc1. The van der Waals surface area contributed by atoms with E-state index in [0.717, 1.165) is 11.6 Å². The first-order valence-electron chi connectivity index (χ1n) is 7.73. The van der Waals surface area contributed by atoms with Crippen LogP contribution in [0.5, 0.6) is 0 Å². The molecule has 23 heavy (non-hydrogen) atoms. The van der Waals surface area contributed by atoms with Crippen LogP contribution in [0.4, 0.5) is 0 Å². The molecule has 2 heterocycles. The predicted octanol–water partition coefficient (Wildman–Crippen LogP) is 3.63. The number of carbonyl (C=O) groups is 1. The molecule has 4 nitrogen and oxygen atoms in total. The summed E-state index contributed by atoms with van der Waals surface area (Å²) in [7, 11) is 2.19. The second kappa shape index (κ2) is 8.86. The van der Waals surface area contributed by atoms with Gasteiger partial charge in [-0.3, -0.25) is 9.88 Å². The molecule has 1 aromatic heterocycles. The summed E-state index contributed by atoms with van der Waals surface area (Å²) >= 11 is 0. The van der Waals surface area contributed by atoms with Crippen LogP contribution >= 0.6 is 0 Å². The molecule has 0 aliphatic carbocycles. The molecule has 1 atom stereocenters. The summed E-state index contributed by atoms with van der Waals surface area (Å²) in [4.78, 5) is 16.6. The van der Waals surface area contributed by atoms with Crippen molar-refractivity contribution in [1.82, 2.24) is 9.88 Å². The highest BCUT2D eigenvalue weighted by molar-refractivity contribution is 5.85. The molecule has 2 aromatic rings. The lowest BCUT2D eigenvalue weighted by Gasteiger charge is -2.18. The Morgan fingerprint density at radius 3 is 2.61 bits per heavy atom. The van der Waals surface area contributed by atoms with Crippen LogP contribution in [0.2, 0.25) is 0 Å². The molecule has 1 aromatic carbocycles. The molecular weight excluding hydrogens is 288 g/mol. The molecule has 0 spiro atoms. The number of likely N-dealkylation sites (tertiary alicyclic amines) is 1. The normalized spacial score (nSPS) is 17.7. The van der Waals surface area contributed by atoms with Gasteiger partial charge >= 0.3 is 5.97 Å². The molecule has 4 heteroatoms. The van der Waals surface area contributed by atoms with Gasteiger partial charge in [-0.05, 0) is 49.7 Å². The average Bonchev–Trinajstić information content (AvgIpc) is 3.01. The number of aliphatic carboxylic acids is 1. The number of hydrogen-bond acceptors (Lipinski definition) is 3. The van der Waals surface area contributed by atoms with E-state index in [1.807, 2.05) is 48.8 Å². The van der Waals surface area contributed by atoms with Crippen LogP contribution < -0.4 is 0 Å². The Morgan fingerprint density at radius 1 is 1.26 bits per heavy atom. The minimum atomic E-state index is -0.922. The van der Waals surface area contributed by atoms with Crippen molar-refractivity contribution in [2.24, 2.45) is 0 Å². The second-order valence-electron chi connectivity index (χ2n) is 5.51. The van der Waals surface area contributed by atoms with E-state index in [4.69, 9.17) is 5.11 Å². The Balaban J connectivity index is 0.000000168. The Labute approximate surface area is 137 Å². The highest BCUT2D eigenvalue weighted by Gasteiger charge is 2.21. The third-order valence-electron chi connectivity index (χ3n) is 3.81. The van der Waals surface area contributed by atoms with Crippen molar-refractivity contribution in [3.05, 3.63) is 72.1 Å². The maximum atomic E-state index is 10.1. The quantitative estimate of drug-likeness (QED) is 0.880. The summed E-state index contributed by atoms with van der Waals surface area (Å²) in [5, 5.41) is 8.29. The van der Waals surface area contributed by atoms with Crippen LogP contribution in [0.25, 0.3) is 6.08 Å². The highest BCUT2D eigenvalue weighted by Crippen LogP contribution is 2.29. The Hall–Kier alpha value is -2.46. The number of rotatable bonds is 3. The fourth-order valence-corrected chi connectivity index (χ4v) is 2.64. The first-order valence-corrected chi connectivity index (χ1v) is 7.73. The van der Waals surface area contributed by atoms with Crippen LogP contribution in [0.3, 0.4) is 0 Å². The van der Waals surface area contributed by atoms with Gasteiger partial charge in [0.25, 0.3) is 0 Å². The first-order chi connectivity index (χ1) is 11.2. The van der Waals surface area contributed by atoms with Gasteiger partial charge in [0.1, 0.15) is 0 Å². The van der Waals surface area contributed by atoms with E-state index in [2.05, 4.69) is 23.0 Å². The van der Waals surface area contributed by atoms with Gasteiger partial charge in [0.2, 0.25) is 0 Å². The van der Waals surface area contributed by atoms with Gasteiger partial charge in [0, 0.05) is 24.5 Å². The standard InChI is InChI=1S/C10H14N2.C9H8O2/c1-12-7-3-5-10(12)9-4-2-6-11-8-9;10-9(11)7-6-8-4-2-1-3-5-8/h2,4,6,8,10H,3,5,7H2,1H3;1-7H,(H,10,11)/t10-;/m0./s1. The molecular formula is C19H22N2O2. The Kier molecular flexibility index (Phi) is 6.51. The van der Waals surface area contributed by atoms with Crippen molar-refractivity contribution in [2.45, 2.75) is 18.9 Å². The van der Waals surface area contributed by atoms with Gasteiger partial charge < -0.3 is 5.11 Å². The average molecular weight is 310 g/mol. The van der Waals surface area contributed by atoms with Crippen molar-refractivity contribution in [3.8, 4) is 0 Å². The van der Waals surface area contributed by atoms with Crippen LogP contribution in [0.15, 0.2) is 60.9 Å². The molecule has 0 radical (unpaired) electrons. The molecule has 1 fully saturated rings. The molecule has 1 aliphatic heterocycles. The molecule has 1 saturated heterocycles. The van der Waals surface area contributed by atoms with Gasteiger partial charge in [-0.2, -0.15) is 0 Å². The Bertz CT molecular complexity index is 626. The number of carboxylic acid groups (broad SMARTS) is 1. The molecule has 3 rings (SSSR count). The van der Waals surface area contributed by atoms with E-state index in [1.165, 1.54) is 24.9 Å². The lowest BCUT2D eigenvalue weighted by molar-refractivity contribution is -0.131. The number of aromatic nitrogens is 1. The van der Waals surface area contributed by atoms with Gasteiger partial charge in [-0.25, -0.2) is 4.79 Å². The maximum absolute atomic E-state index is 10.1. The fraction of sp³-hybridized carbons (Fsp3) is 0.263. The summed E-state index contributed by atoms with van der Waals surface area (Å²) < 4.78 is 0. The van der Waals surface area contributed by atoms with Crippen molar-refractivity contribution in [3.63, 3.8) is 0 Å². The van der Waals surface area contributed by atoms with E-state index in [0.29, 0.717) is 6.04 Å². The largest absolute Gasteiger partial charge is 0.478 e. The molecule has 0 amide bonds. The van der Waals surface area contributed by atoms with E-state index in [-0.39, 0.29) is 0 Å². The number of hydrogen-bond donors (Lipinski definition) is 1. The first kappa shape index (κ1) is 16.9. The smallest absolute Gasteiger partial charge is 0.328 e. The van der Waals surface area contributed by atoms with Crippen molar-refractivity contribution in [2.75, 3.05) is 13.6 Å². The number of pyridine rings is 1. The van der Waals surface area contributed by atoms with E-state index in [1.54, 1.807) is 6.08 Å². The topological polar surface area (TPSA) is 53.4 Å². The zero-order valence-electron chi connectivity index (χ0n) is 13.3. The summed E-state index contributed by atoms with van der Waals surface area (Å²) in [6.07, 6.45) is 9.08. The third kappa shape index (κ3) is 5.68. The van der Waals surface area contributed by atoms with Crippen molar-refractivity contribution in [1.29, 1.82) is 0 Å². The predicted molar refractivity (Wildman–Crippen MR) is 92.0 cm³/mol. The third-order valence-corrected chi connectivity index (χ3v) is 3.81. The van der Waals surface area contributed by atoms with Gasteiger partial charge in [0.05, 0.1) is 0 Å². The molecule has 1 N–H and O–H groups in total. The van der Waals surface area contributed by atoms with Crippen LogP contribution in [0.1, 0.15) is 30.0 Å². The second-order valence-corrected chi connectivity index (χ2v) is 5.51. The van der Waals surface area contributed by atoms with Crippen LogP contribution in [-0.2, 0) is 4.79 Å². The van der Waals surface area contributed by atoms with Crippen molar-refractivity contribution < 1.29 is 9.90 Å². The van der Waals surface area contributed by atoms with E-state index in [9.17, 15) is 4.79 Å². The minimum Gasteiger partial charge on any atom is -0.478 e. The zero-order valence-corrected chi connectivity index (χ0v) is 13.3. The minimum absolute atomic E-state index is 0.610. The van der Waals surface area contributed by atoms with Gasteiger partial charge in [-0.15, -0.1) is 0 Å². The zero-order chi connectivity index (χ0) is 16.5. The molecule has 0 saturated carbocycles. The summed E-state index contributed by atoms with van der Waals surface area (Å²) in [5.74, 6) is -0.922. The number of nitrogens with zero attached hydrogens (tertiary/aromatic N) is 2. The molecule has 0 unspecified atom stereocenters. The summed E-state index contributed by atoms with van der Waals surface area (Å²) in [6, 6.07) is 14.1. The molecule has 1 aliphatic rings. The van der Waals surface area contributed by atoms with Crippen LogP contribution in [-0.4, -0.2) is 34.6 Å². The van der Waals surface area contributed by atoms with E-state index < -0.39 is 5.97 Å². The fourth-order valence-electron chi connectivity index (χ4n) is 2.64. The summed E-state index contributed by atoms with van der Waals surface area (Å²) in [5.41, 5.74) is 2.26. The highest BCUT2D eigenvalue weighted by atomic mass is 16.4. The number of benzene rings is 1. The Morgan fingerprint density at radius 2 is 2.04 bits per heavy atom. The van der Waals surface area contributed by atoms with E-state index >= 15 is 0 Å². The van der Waals surface area contributed by atoms with Gasteiger partial charge in [-0.1, -0.05) is 36.4 Å². The summed E-state index contributed by atoms with van der Waals surface area (Å²) in [6.45, 7) is 1.22. The lowest BCUT2D eigenvalue weighted by atomic mass is 10.1.